The third kappa shape index (κ3) is 3.83. The number of rotatable bonds is 4. The van der Waals surface area contributed by atoms with Crippen LogP contribution in [0, 0.1) is 5.92 Å². The minimum absolute atomic E-state index is 0.171. The first-order chi connectivity index (χ1) is 17.0. The molecule has 1 saturated carbocycles. The Kier molecular flexibility index (Phi) is 5.98. The quantitative estimate of drug-likeness (QED) is 0.425. The molecule has 0 bridgehead atoms. The van der Waals surface area contributed by atoms with Crippen molar-refractivity contribution in [2.24, 2.45) is 5.92 Å². The van der Waals surface area contributed by atoms with E-state index in [0.29, 0.717) is 22.2 Å². The maximum atomic E-state index is 13.2. The van der Waals surface area contributed by atoms with Crippen molar-refractivity contribution in [2.45, 2.75) is 70.1 Å². The van der Waals surface area contributed by atoms with E-state index in [9.17, 15) is 4.79 Å². The smallest absolute Gasteiger partial charge is 0.282 e. The van der Waals surface area contributed by atoms with Gasteiger partial charge in [-0.2, -0.15) is 10.0 Å². The minimum atomic E-state index is -0.205. The average Bonchev–Trinajstić information content (AvgIpc) is 3.12. The first kappa shape index (κ1) is 23.2. The number of nitrogens with zero attached hydrogens (tertiary/aromatic N) is 3. The number of hydrogen-bond acceptors (Lipinski definition) is 4. The van der Waals surface area contributed by atoms with Crippen molar-refractivity contribution in [3.05, 3.63) is 68.7 Å². The van der Waals surface area contributed by atoms with Gasteiger partial charge in [-0.05, 0) is 66.8 Å². The van der Waals surface area contributed by atoms with E-state index in [-0.39, 0.29) is 11.0 Å². The Balaban J connectivity index is 1.43. The van der Waals surface area contributed by atoms with Crippen molar-refractivity contribution in [3.8, 4) is 5.69 Å². The summed E-state index contributed by atoms with van der Waals surface area (Å²) >= 11 is 6.51. The molecule has 1 spiro atoms. The number of fused-ring (bicyclic) bond motifs is 7. The van der Waals surface area contributed by atoms with Crippen molar-refractivity contribution >= 4 is 22.5 Å². The second-order valence-electron chi connectivity index (χ2n) is 11.0. The fraction of sp³-hybridized carbons (Fsp3) is 0.517. The van der Waals surface area contributed by atoms with Gasteiger partial charge >= 0.3 is 0 Å². The van der Waals surface area contributed by atoms with E-state index in [0.717, 1.165) is 56.7 Å². The molecule has 3 aliphatic rings. The van der Waals surface area contributed by atoms with Crippen molar-refractivity contribution in [3.63, 3.8) is 0 Å². The lowest BCUT2D eigenvalue weighted by atomic mass is 9.69. The van der Waals surface area contributed by atoms with Gasteiger partial charge in [0.25, 0.3) is 5.56 Å². The van der Waals surface area contributed by atoms with E-state index in [1.54, 1.807) is 6.07 Å². The highest BCUT2D eigenvalue weighted by molar-refractivity contribution is 6.35. The molecule has 184 valence electrons. The zero-order valence-electron chi connectivity index (χ0n) is 20.7. The molecule has 0 N–H and O–H groups in total. The summed E-state index contributed by atoms with van der Waals surface area (Å²) in [7, 11) is 0. The van der Waals surface area contributed by atoms with Gasteiger partial charge in [0.15, 0.2) is 0 Å². The Morgan fingerprint density at radius 2 is 1.89 bits per heavy atom. The molecule has 0 radical (unpaired) electrons. The lowest BCUT2D eigenvalue weighted by molar-refractivity contribution is -0.177. The van der Waals surface area contributed by atoms with Crippen LogP contribution >= 0.6 is 11.6 Å². The average molecular weight is 492 g/mol. The summed E-state index contributed by atoms with van der Waals surface area (Å²) in [6.07, 6.45) is 7.84. The molecular formula is C29H34ClN3O2. The van der Waals surface area contributed by atoms with Crippen molar-refractivity contribution < 1.29 is 4.84 Å². The van der Waals surface area contributed by atoms with Crippen LogP contribution in [0.5, 0.6) is 0 Å². The van der Waals surface area contributed by atoms with Gasteiger partial charge in [-0.3, -0.25) is 14.2 Å². The van der Waals surface area contributed by atoms with Crippen LogP contribution in [0.4, 0.5) is 0 Å². The summed E-state index contributed by atoms with van der Waals surface area (Å²) in [5.41, 5.74) is 4.40. The van der Waals surface area contributed by atoms with Crippen LogP contribution in [0.15, 0.2) is 41.2 Å². The van der Waals surface area contributed by atoms with Gasteiger partial charge in [0.2, 0.25) is 0 Å². The monoisotopic (exact) mass is 491 g/mol. The molecule has 1 aromatic heterocycles. The highest BCUT2D eigenvalue weighted by atomic mass is 35.5. The van der Waals surface area contributed by atoms with Gasteiger partial charge in [-0.1, -0.05) is 62.9 Å². The summed E-state index contributed by atoms with van der Waals surface area (Å²) in [4.78, 5) is 23.8. The second kappa shape index (κ2) is 9.02. The zero-order chi connectivity index (χ0) is 24.2. The van der Waals surface area contributed by atoms with E-state index in [1.807, 2.05) is 12.1 Å². The van der Waals surface area contributed by atoms with Gasteiger partial charge in [0, 0.05) is 13.1 Å². The molecule has 5 nitrogen and oxygen atoms in total. The van der Waals surface area contributed by atoms with Gasteiger partial charge in [-0.25, -0.2) is 0 Å². The molecule has 6 heteroatoms. The molecule has 35 heavy (non-hydrogen) atoms. The third-order valence-corrected chi connectivity index (χ3v) is 8.61. The molecule has 3 heterocycles. The number of hydrogen-bond donors (Lipinski definition) is 0. The molecular weight excluding hydrogens is 458 g/mol. The van der Waals surface area contributed by atoms with E-state index in [2.05, 4.69) is 41.7 Å². The SMILES string of the molecule is CC(C)CON1CCC(c2ccc3c(c2)-n2c(nc(=O)c4c(Cl)cccc42)C32CCCCC2)CC1. The topological polar surface area (TPSA) is 47.4 Å². The lowest BCUT2D eigenvalue weighted by Crippen LogP contribution is -2.34. The number of hydroxylamine groups is 2. The molecule has 6 rings (SSSR count). The van der Waals surface area contributed by atoms with Crippen molar-refractivity contribution in [1.82, 2.24) is 14.6 Å². The highest BCUT2D eigenvalue weighted by Crippen LogP contribution is 2.52. The molecule has 0 unspecified atom stereocenters. The maximum absolute atomic E-state index is 13.2. The van der Waals surface area contributed by atoms with Gasteiger partial charge in [0.05, 0.1) is 33.6 Å². The standard InChI is InChI=1S/C29H34ClN3O2/c1-19(2)18-35-32-15-11-20(12-16-32)21-9-10-22-25(17-21)33-24-8-6-7-23(30)26(24)27(34)31-28(33)29(22)13-4-3-5-14-29/h6-10,17,19-20H,3-5,11-16,18H2,1-2H3. The van der Waals surface area contributed by atoms with Gasteiger partial charge in [0.1, 0.15) is 5.82 Å². The maximum Gasteiger partial charge on any atom is 0.282 e. The molecule has 1 saturated heterocycles. The molecule has 2 aliphatic heterocycles. The fourth-order valence-corrected chi connectivity index (χ4v) is 6.78. The summed E-state index contributed by atoms with van der Waals surface area (Å²) in [6.45, 7) is 7.08. The minimum Gasteiger partial charge on any atom is -0.299 e. The Hall–Kier alpha value is -2.21. The van der Waals surface area contributed by atoms with Crippen LogP contribution in [0.3, 0.4) is 0 Å². The van der Waals surface area contributed by atoms with Crippen LogP contribution < -0.4 is 5.56 Å². The normalized spacial score (nSPS) is 20.0. The van der Waals surface area contributed by atoms with Crippen LogP contribution in [-0.2, 0) is 10.3 Å². The third-order valence-electron chi connectivity index (χ3n) is 8.29. The van der Waals surface area contributed by atoms with Crippen LogP contribution in [-0.4, -0.2) is 34.3 Å². The van der Waals surface area contributed by atoms with Crippen LogP contribution in [0.25, 0.3) is 16.6 Å². The Labute approximate surface area is 212 Å². The van der Waals surface area contributed by atoms with E-state index in [1.165, 1.54) is 36.1 Å². The number of halogens is 1. The Bertz CT molecular complexity index is 1320. The zero-order valence-corrected chi connectivity index (χ0v) is 21.5. The summed E-state index contributed by atoms with van der Waals surface area (Å²) in [6, 6.07) is 12.8. The number of benzene rings is 2. The van der Waals surface area contributed by atoms with Crippen molar-refractivity contribution in [2.75, 3.05) is 19.7 Å². The van der Waals surface area contributed by atoms with E-state index in [4.69, 9.17) is 21.4 Å². The summed E-state index contributed by atoms with van der Waals surface area (Å²) in [5.74, 6) is 1.97. The van der Waals surface area contributed by atoms with Crippen LogP contribution in [0.2, 0.25) is 5.02 Å². The first-order valence-corrected chi connectivity index (χ1v) is 13.6. The molecule has 0 amide bonds. The first-order valence-electron chi connectivity index (χ1n) is 13.2. The van der Waals surface area contributed by atoms with E-state index >= 15 is 0 Å². The molecule has 1 aliphatic carbocycles. The van der Waals surface area contributed by atoms with E-state index < -0.39 is 0 Å². The molecule has 2 fully saturated rings. The number of aromatic nitrogens is 2. The van der Waals surface area contributed by atoms with Gasteiger partial charge < -0.3 is 0 Å². The van der Waals surface area contributed by atoms with Gasteiger partial charge in [-0.15, -0.1) is 0 Å². The molecule has 3 aromatic rings. The highest BCUT2D eigenvalue weighted by Gasteiger charge is 2.46. The summed E-state index contributed by atoms with van der Waals surface area (Å²) < 4.78 is 2.26. The Morgan fingerprint density at radius 1 is 1.11 bits per heavy atom. The largest absolute Gasteiger partial charge is 0.299 e. The predicted octanol–water partition coefficient (Wildman–Crippen LogP) is 6.37. The summed E-state index contributed by atoms with van der Waals surface area (Å²) in [5, 5.41) is 3.14. The second-order valence-corrected chi connectivity index (χ2v) is 11.4. The lowest BCUT2D eigenvalue weighted by Gasteiger charge is -2.34. The predicted molar refractivity (Wildman–Crippen MR) is 141 cm³/mol. The molecule has 2 aromatic carbocycles. The van der Waals surface area contributed by atoms with Crippen molar-refractivity contribution in [1.29, 1.82) is 0 Å². The fourth-order valence-electron chi connectivity index (χ4n) is 6.53. The van der Waals surface area contributed by atoms with Crippen LogP contribution in [0.1, 0.15) is 81.7 Å². The molecule has 0 atom stereocenters. The Morgan fingerprint density at radius 3 is 2.63 bits per heavy atom. The number of piperidine rings is 1.